The Bertz CT molecular complexity index is 560. The fourth-order valence-corrected chi connectivity index (χ4v) is 1.65. The van der Waals surface area contributed by atoms with E-state index in [1.165, 1.54) is 11.1 Å². The zero-order chi connectivity index (χ0) is 16.0. The van der Waals surface area contributed by atoms with Crippen molar-refractivity contribution in [3.8, 4) is 11.1 Å². The molecule has 0 heterocycles. The Hall–Kier alpha value is -2.19. The highest BCUT2D eigenvalue weighted by molar-refractivity contribution is 7.30. The highest BCUT2D eigenvalue weighted by atomic mass is 31.1. The van der Waals surface area contributed by atoms with E-state index >= 15 is 0 Å². The molecule has 3 nitrogen and oxygen atoms in total. The van der Waals surface area contributed by atoms with E-state index in [0.717, 1.165) is 0 Å². The molecular weight excluding hydrogens is 295 g/mol. The fraction of sp³-hybridized carbons (Fsp3) is 0. The van der Waals surface area contributed by atoms with E-state index in [1.807, 2.05) is 48.5 Å². The minimum Gasteiger partial charge on any atom is -0.326 e. The second-order valence-corrected chi connectivity index (χ2v) is 4.73. The summed E-state index contributed by atoms with van der Waals surface area (Å²) in [5.41, 5.74) is 2.55. The maximum Gasteiger partial charge on any atom is 0.314 e. The van der Waals surface area contributed by atoms with Crippen molar-refractivity contribution < 1.29 is 14.4 Å². The Morgan fingerprint density at radius 3 is 0.909 bits per heavy atom. The molecule has 0 radical (unpaired) electrons. The maximum atomic E-state index is 8.74. The molecule has 0 fully saturated rings. The van der Waals surface area contributed by atoms with Gasteiger partial charge in [-0.25, -0.2) is 0 Å². The first-order valence-corrected chi connectivity index (χ1v) is 8.03. The van der Waals surface area contributed by atoms with E-state index in [-0.39, 0.29) is 0 Å². The van der Waals surface area contributed by atoms with Crippen molar-refractivity contribution in [3.63, 3.8) is 0 Å². The Balaban J connectivity index is 0.000000203. The molecule has 0 saturated heterocycles. The molecule has 0 aliphatic rings. The first-order chi connectivity index (χ1) is 10.7. The summed E-state index contributed by atoms with van der Waals surface area (Å²) in [5.74, 6) is 0. The molecule has 0 saturated carbocycles. The average molecular weight is 314 g/mol. The standard InChI is InChI=1S/C12H10.C6H6.H3O3P/c1-3-7-11(8-4-1)12-9-5-2-6-10-12;1-2-4-6-5-3-1;1-4(2)3/h1-10H;1-6H;4H,(H2,1,2,3). The SMILES string of the molecule is O=[PH](O)O.c1ccc(-c2ccccc2)cc1.c1ccccc1. The summed E-state index contributed by atoms with van der Waals surface area (Å²) in [4.78, 5) is 14.3. The molecular formula is C18H19O3P. The summed E-state index contributed by atoms with van der Waals surface area (Å²) in [5, 5.41) is 0. The van der Waals surface area contributed by atoms with Gasteiger partial charge in [0.1, 0.15) is 0 Å². The van der Waals surface area contributed by atoms with Gasteiger partial charge < -0.3 is 9.79 Å². The molecule has 22 heavy (non-hydrogen) atoms. The largest absolute Gasteiger partial charge is 0.326 e. The van der Waals surface area contributed by atoms with Crippen molar-refractivity contribution >= 4 is 8.25 Å². The molecule has 0 spiro atoms. The van der Waals surface area contributed by atoms with Crippen LogP contribution in [0.1, 0.15) is 0 Å². The van der Waals surface area contributed by atoms with Crippen molar-refractivity contribution in [2.75, 3.05) is 0 Å². The lowest BCUT2D eigenvalue weighted by molar-refractivity contribution is 0.405. The minimum absolute atomic E-state index is 1.28. The van der Waals surface area contributed by atoms with Crippen molar-refractivity contribution in [2.45, 2.75) is 0 Å². The van der Waals surface area contributed by atoms with Crippen LogP contribution in [0.2, 0.25) is 0 Å². The third kappa shape index (κ3) is 8.88. The van der Waals surface area contributed by atoms with Gasteiger partial charge in [-0.1, -0.05) is 97.1 Å². The van der Waals surface area contributed by atoms with Gasteiger partial charge in [-0.3, -0.25) is 4.57 Å². The van der Waals surface area contributed by atoms with Crippen LogP contribution in [0.5, 0.6) is 0 Å². The quantitative estimate of drug-likeness (QED) is 0.655. The third-order valence-corrected chi connectivity index (χ3v) is 2.55. The Kier molecular flexibility index (Phi) is 9.31. The summed E-state index contributed by atoms with van der Waals surface area (Å²) in [6.45, 7) is 0. The molecule has 0 atom stereocenters. The van der Waals surface area contributed by atoms with Crippen LogP contribution in [-0.4, -0.2) is 9.79 Å². The summed E-state index contributed by atoms with van der Waals surface area (Å²) in [6, 6.07) is 32.8. The number of rotatable bonds is 1. The molecule has 3 aromatic carbocycles. The predicted molar refractivity (Wildman–Crippen MR) is 91.8 cm³/mol. The number of benzene rings is 3. The second kappa shape index (κ2) is 11.5. The van der Waals surface area contributed by atoms with Gasteiger partial charge in [0.25, 0.3) is 0 Å². The van der Waals surface area contributed by atoms with Gasteiger partial charge in [0.15, 0.2) is 0 Å². The van der Waals surface area contributed by atoms with Gasteiger partial charge >= 0.3 is 8.25 Å². The lowest BCUT2D eigenvalue weighted by Crippen LogP contribution is -1.73. The van der Waals surface area contributed by atoms with Crippen LogP contribution in [0.4, 0.5) is 0 Å². The second-order valence-electron chi connectivity index (χ2n) is 4.17. The Labute approximate surface area is 131 Å². The molecule has 0 aromatic heterocycles. The minimum atomic E-state index is -3.13. The topological polar surface area (TPSA) is 57.5 Å². The van der Waals surface area contributed by atoms with Crippen molar-refractivity contribution in [1.29, 1.82) is 0 Å². The highest BCUT2D eigenvalue weighted by Crippen LogP contribution is 2.17. The smallest absolute Gasteiger partial charge is 0.314 e. The lowest BCUT2D eigenvalue weighted by Gasteiger charge is -1.98. The molecule has 0 aliphatic heterocycles. The molecule has 4 heteroatoms. The van der Waals surface area contributed by atoms with Crippen LogP contribution in [0, 0.1) is 0 Å². The van der Waals surface area contributed by atoms with Crippen LogP contribution >= 0.6 is 8.25 Å². The number of hydrogen-bond donors (Lipinski definition) is 2. The zero-order valence-electron chi connectivity index (χ0n) is 12.0. The number of hydrogen-bond acceptors (Lipinski definition) is 1. The summed E-state index contributed by atoms with van der Waals surface area (Å²) >= 11 is 0. The van der Waals surface area contributed by atoms with Crippen LogP contribution in [0.3, 0.4) is 0 Å². The summed E-state index contributed by atoms with van der Waals surface area (Å²) in [7, 11) is -3.13. The first-order valence-electron chi connectivity index (χ1n) is 6.72. The molecule has 0 bridgehead atoms. The van der Waals surface area contributed by atoms with Gasteiger partial charge in [0, 0.05) is 0 Å². The van der Waals surface area contributed by atoms with Gasteiger partial charge in [0.2, 0.25) is 0 Å². The van der Waals surface area contributed by atoms with Gasteiger partial charge in [-0.2, -0.15) is 0 Å². The van der Waals surface area contributed by atoms with Crippen molar-refractivity contribution in [3.05, 3.63) is 97.1 Å². The van der Waals surface area contributed by atoms with E-state index in [0.29, 0.717) is 0 Å². The highest BCUT2D eigenvalue weighted by Gasteiger charge is 1.91. The predicted octanol–water partition coefficient (Wildman–Crippen LogP) is 4.40. The van der Waals surface area contributed by atoms with E-state index < -0.39 is 8.25 Å². The van der Waals surface area contributed by atoms with E-state index in [9.17, 15) is 0 Å². The molecule has 0 amide bonds. The van der Waals surface area contributed by atoms with Crippen LogP contribution < -0.4 is 0 Å². The molecule has 2 N–H and O–H groups in total. The van der Waals surface area contributed by atoms with Crippen molar-refractivity contribution in [2.24, 2.45) is 0 Å². The average Bonchev–Trinajstić information content (AvgIpc) is 2.58. The Morgan fingerprint density at radius 2 is 0.682 bits per heavy atom. The normalized spacial score (nSPS) is 9.05. The van der Waals surface area contributed by atoms with E-state index in [1.54, 1.807) is 0 Å². The van der Waals surface area contributed by atoms with Gasteiger partial charge in [-0.15, -0.1) is 0 Å². The molecule has 0 unspecified atom stereocenters. The van der Waals surface area contributed by atoms with Gasteiger partial charge in [-0.05, 0) is 11.1 Å². The molecule has 3 aromatic rings. The van der Waals surface area contributed by atoms with Crippen molar-refractivity contribution in [1.82, 2.24) is 0 Å². The van der Waals surface area contributed by atoms with Gasteiger partial charge in [0.05, 0.1) is 0 Å². The molecule has 0 aliphatic carbocycles. The van der Waals surface area contributed by atoms with E-state index in [4.69, 9.17) is 14.4 Å². The summed E-state index contributed by atoms with van der Waals surface area (Å²) in [6.07, 6.45) is 0. The van der Waals surface area contributed by atoms with Crippen LogP contribution in [-0.2, 0) is 4.57 Å². The van der Waals surface area contributed by atoms with Crippen LogP contribution in [0.15, 0.2) is 97.1 Å². The Morgan fingerprint density at radius 1 is 0.500 bits per heavy atom. The monoisotopic (exact) mass is 314 g/mol. The molecule has 3 rings (SSSR count). The maximum absolute atomic E-state index is 8.74. The lowest BCUT2D eigenvalue weighted by atomic mass is 10.1. The van der Waals surface area contributed by atoms with Crippen LogP contribution in [0.25, 0.3) is 11.1 Å². The zero-order valence-corrected chi connectivity index (χ0v) is 13.0. The summed E-state index contributed by atoms with van der Waals surface area (Å²) < 4.78 is 8.74. The fourth-order valence-electron chi connectivity index (χ4n) is 1.65. The molecule has 114 valence electrons. The first kappa shape index (κ1) is 17.9. The third-order valence-electron chi connectivity index (χ3n) is 2.55. The van der Waals surface area contributed by atoms with E-state index in [2.05, 4.69) is 48.5 Å².